The fourth-order valence-corrected chi connectivity index (χ4v) is 2.47. The van der Waals surface area contributed by atoms with Gasteiger partial charge in [0, 0.05) is 19.3 Å². The van der Waals surface area contributed by atoms with Gasteiger partial charge in [-0.15, -0.1) is 0 Å². The first-order valence-corrected chi connectivity index (χ1v) is 8.06. The van der Waals surface area contributed by atoms with Gasteiger partial charge in [0.25, 0.3) is 0 Å². The highest BCUT2D eigenvalue weighted by Crippen LogP contribution is 2.19. The Labute approximate surface area is 142 Å². The largest absolute Gasteiger partial charge is 0.464 e. The molecule has 1 saturated heterocycles. The molecular formula is C17H25N3O4. The Kier molecular flexibility index (Phi) is 5.77. The van der Waals surface area contributed by atoms with Gasteiger partial charge in [-0.25, -0.2) is 14.6 Å². The summed E-state index contributed by atoms with van der Waals surface area (Å²) in [5.41, 5.74) is 0.660. The highest BCUT2D eigenvalue weighted by molar-refractivity contribution is 5.87. The van der Waals surface area contributed by atoms with Gasteiger partial charge in [0.1, 0.15) is 11.3 Å². The monoisotopic (exact) mass is 335 g/mol. The van der Waals surface area contributed by atoms with Crippen LogP contribution in [0.4, 0.5) is 4.79 Å². The second-order valence-corrected chi connectivity index (χ2v) is 6.75. The number of hydrogen-bond donors (Lipinski definition) is 1. The quantitative estimate of drug-likeness (QED) is 0.834. The Balaban J connectivity index is 2.09. The fraction of sp³-hybridized carbons (Fsp3) is 0.588. The third-order valence-corrected chi connectivity index (χ3v) is 3.63. The van der Waals surface area contributed by atoms with Gasteiger partial charge in [-0.3, -0.25) is 0 Å². The zero-order chi connectivity index (χ0) is 17.7. The van der Waals surface area contributed by atoms with Crippen molar-refractivity contribution >= 4 is 12.1 Å². The van der Waals surface area contributed by atoms with Crippen LogP contribution in [-0.4, -0.2) is 54.3 Å². The molecule has 2 rings (SSSR count). The molecule has 0 aliphatic carbocycles. The molecule has 0 bridgehead atoms. The number of hydrogen-bond acceptors (Lipinski definition) is 6. The molecule has 132 valence electrons. The van der Waals surface area contributed by atoms with Crippen molar-refractivity contribution in [2.45, 2.75) is 38.8 Å². The van der Waals surface area contributed by atoms with Gasteiger partial charge in [0.15, 0.2) is 0 Å². The molecule has 1 atom stereocenters. The topological polar surface area (TPSA) is 80.8 Å². The van der Waals surface area contributed by atoms with Crippen molar-refractivity contribution in [3.63, 3.8) is 0 Å². The van der Waals surface area contributed by atoms with E-state index in [4.69, 9.17) is 4.74 Å². The molecule has 1 N–H and O–H groups in total. The number of esters is 1. The lowest BCUT2D eigenvalue weighted by molar-refractivity contribution is 0.0247. The predicted octanol–water partition coefficient (Wildman–Crippen LogP) is 2.14. The molecule has 1 aliphatic heterocycles. The number of aromatic nitrogens is 1. The van der Waals surface area contributed by atoms with E-state index in [2.05, 4.69) is 15.0 Å². The lowest BCUT2D eigenvalue weighted by Gasteiger charge is -2.28. The first-order chi connectivity index (χ1) is 11.3. The zero-order valence-electron chi connectivity index (χ0n) is 14.7. The van der Waals surface area contributed by atoms with Gasteiger partial charge in [0.2, 0.25) is 0 Å². The lowest BCUT2D eigenvalue weighted by Crippen LogP contribution is -2.39. The lowest BCUT2D eigenvalue weighted by atomic mass is 10.1. The van der Waals surface area contributed by atoms with Gasteiger partial charge in [-0.2, -0.15) is 0 Å². The average molecular weight is 335 g/mol. The van der Waals surface area contributed by atoms with E-state index in [0.29, 0.717) is 13.1 Å². The summed E-state index contributed by atoms with van der Waals surface area (Å²) in [5, 5.41) is 3.40. The normalized spacial score (nSPS) is 18.7. The van der Waals surface area contributed by atoms with Crippen LogP contribution in [0.15, 0.2) is 18.3 Å². The minimum atomic E-state index is -0.518. The molecule has 0 radical (unpaired) electrons. The van der Waals surface area contributed by atoms with Gasteiger partial charge in [0.05, 0.1) is 13.2 Å². The third-order valence-electron chi connectivity index (χ3n) is 3.63. The van der Waals surface area contributed by atoms with Crippen molar-refractivity contribution in [2.75, 3.05) is 26.7 Å². The summed E-state index contributed by atoms with van der Waals surface area (Å²) < 4.78 is 10.1. The van der Waals surface area contributed by atoms with Gasteiger partial charge in [-0.1, -0.05) is 6.07 Å². The first-order valence-electron chi connectivity index (χ1n) is 8.06. The van der Waals surface area contributed by atoms with Crippen molar-refractivity contribution in [2.24, 2.45) is 0 Å². The molecule has 1 fully saturated rings. The maximum Gasteiger partial charge on any atom is 0.410 e. The summed E-state index contributed by atoms with van der Waals surface area (Å²) in [6, 6.07) is 3.40. The minimum absolute atomic E-state index is 0.0563. The smallest absolute Gasteiger partial charge is 0.410 e. The third kappa shape index (κ3) is 4.92. The number of ether oxygens (including phenoxy) is 2. The summed E-state index contributed by atoms with van der Waals surface area (Å²) in [4.78, 5) is 29.6. The maximum absolute atomic E-state index is 12.3. The number of methoxy groups -OCH3 is 1. The van der Waals surface area contributed by atoms with E-state index < -0.39 is 11.6 Å². The molecule has 1 aromatic rings. The molecule has 2 heterocycles. The minimum Gasteiger partial charge on any atom is -0.464 e. The van der Waals surface area contributed by atoms with Crippen molar-refractivity contribution in [3.05, 3.63) is 29.6 Å². The molecule has 1 unspecified atom stereocenters. The number of rotatable bonds is 2. The highest BCUT2D eigenvalue weighted by atomic mass is 16.6. The van der Waals surface area contributed by atoms with Crippen LogP contribution in [0.2, 0.25) is 0 Å². The van der Waals surface area contributed by atoms with Crippen LogP contribution in [-0.2, 0) is 9.47 Å². The number of amides is 1. The van der Waals surface area contributed by atoms with Crippen LogP contribution in [0.3, 0.4) is 0 Å². The SMILES string of the molecule is COC(=O)c1ccc(C2CN(C(=O)OC(C)(C)C)CCCN2)cn1. The van der Waals surface area contributed by atoms with Crippen LogP contribution in [0.1, 0.15) is 49.3 Å². The number of carbonyl (C=O) groups is 2. The number of nitrogens with one attached hydrogen (secondary N) is 1. The van der Waals surface area contributed by atoms with Crippen LogP contribution in [0.25, 0.3) is 0 Å². The van der Waals surface area contributed by atoms with E-state index in [0.717, 1.165) is 18.5 Å². The van der Waals surface area contributed by atoms with E-state index in [9.17, 15) is 9.59 Å². The van der Waals surface area contributed by atoms with Crippen LogP contribution >= 0.6 is 0 Å². The molecule has 7 heteroatoms. The molecular weight excluding hydrogens is 310 g/mol. The van der Waals surface area contributed by atoms with E-state index in [1.54, 1.807) is 17.2 Å². The zero-order valence-corrected chi connectivity index (χ0v) is 14.7. The van der Waals surface area contributed by atoms with E-state index in [1.165, 1.54) is 7.11 Å². The molecule has 7 nitrogen and oxygen atoms in total. The van der Waals surface area contributed by atoms with Crippen molar-refractivity contribution in [1.82, 2.24) is 15.2 Å². The Bertz CT molecular complexity index is 580. The van der Waals surface area contributed by atoms with Gasteiger partial charge in [-0.05, 0) is 45.4 Å². The van der Waals surface area contributed by atoms with Crippen LogP contribution in [0.5, 0.6) is 0 Å². The summed E-state index contributed by atoms with van der Waals surface area (Å²) in [6.07, 6.45) is 2.18. The van der Waals surface area contributed by atoms with Crippen LogP contribution in [0, 0.1) is 0 Å². The fourth-order valence-electron chi connectivity index (χ4n) is 2.47. The van der Waals surface area contributed by atoms with Crippen molar-refractivity contribution < 1.29 is 19.1 Å². The van der Waals surface area contributed by atoms with Crippen molar-refractivity contribution in [1.29, 1.82) is 0 Å². The number of pyridine rings is 1. The Morgan fingerprint density at radius 3 is 2.67 bits per heavy atom. The summed E-state index contributed by atoms with van der Waals surface area (Å²) in [5.74, 6) is -0.467. The molecule has 0 aromatic carbocycles. The molecule has 1 amide bonds. The second kappa shape index (κ2) is 7.61. The molecule has 0 saturated carbocycles. The standard InChI is InChI=1S/C17H25N3O4/c1-17(2,3)24-16(22)20-9-5-8-18-14(11-20)12-6-7-13(19-10-12)15(21)23-4/h6-7,10,14,18H,5,8-9,11H2,1-4H3. The highest BCUT2D eigenvalue weighted by Gasteiger charge is 2.27. The molecule has 0 spiro atoms. The summed E-state index contributed by atoms with van der Waals surface area (Å²) in [7, 11) is 1.32. The van der Waals surface area contributed by atoms with Gasteiger partial charge < -0.3 is 19.7 Å². The Morgan fingerprint density at radius 1 is 1.33 bits per heavy atom. The van der Waals surface area contributed by atoms with Gasteiger partial charge >= 0.3 is 12.1 Å². The maximum atomic E-state index is 12.3. The van der Waals surface area contributed by atoms with Crippen LogP contribution < -0.4 is 5.32 Å². The van der Waals surface area contributed by atoms with E-state index in [-0.39, 0.29) is 17.8 Å². The predicted molar refractivity (Wildman–Crippen MR) is 88.7 cm³/mol. The number of nitrogens with zero attached hydrogens (tertiary/aromatic N) is 2. The summed E-state index contributed by atoms with van der Waals surface area (Å²) >= 11 is 0. The molecule has 1 aromatic heterocycles. The summed E-state index contributed by atoms with van der Waals surface area (Å²) in [6.45, 7) is 7.50. The van der Waals surface area contributed by atoms with E-state index >= 15 is 0 Å². The molecule has 24 heavy (non-hydrogen) atoms. The molecule has 1 aliphatic rings. The average Bonchev–Trinajstić information content (AvgIpc) is 2.79. The Morgan fingerprint density at radius 2 is 2.08 bits per heavy atom. The van der Waals surface area contributed by atoms with Crippen molar-refractivity contribution in [3.8, 4) is 0 Å². The second-order valence-electron chi connectivity index (χ2n) is 6.75. The number of carbonyl (C=O) groups excluding carboxylic acids is 2. The first kappa shape index (κ1) is 18.2. The van der Waals surface area contributed by atoms with E-state index in [1.807, 2.05) is 26.8 Å². The Hall–Kier alpha value is -2.15.